The second-order valence-electron chi connectivity index (χ2n) is 5.97. The number of nitrogens with zero attached hydrogens (tertiary/aromatic N) is 2. The molecule has 0 amide bonds. The molecule has 0 saturated heterocycles. The minimum absolute atomic E-state index is 0.0501. The van der Waals surface area contributed by atoms with Gasteiger partial charge in [0, 0.05) is 12.6 Å². The fraction of sp³-hybridized carbons (Fsp3) is 0.667. The molecule has 1 aromatic rings. The average molecular weight is 277 g/mol. The topological polar surface area (TPSA) is 68.1 Å². The van der Waals surface area contributed by atoms with Gasteiger partial charge in [0.15, 0.2) is 0 Å². The minimum atomic E-state index is -0.410. The normalized spacial score (nSPS) is 22.5. The first-order valence-electron chi connectivity index (χ1n) is 7.41. The third-order valence-corrected chi connectivity index (χ3v) is 4.16. The van der Waals surface area contributed by atoms with E-state index in [4.69, 9.17) is 0 Å². The lowest BCUT2D eigenvalue weighted by molar-refractivity contribution is -0.385. The van der Waals surface area contributed by atoms with Gasteiger partial charge >= 0.3 is 0 Å². The molecule has 1 aliphatic rings. The number of nitrogens with one attached hydrogen (secondary N) is 1. The highest BCUT2D eigenvalue weighted by atomic mass is 16.6. The largest absolute Gasteiger partial charge is 0.370 e. The van der Waals surface area contributed by atoms with Crippen molar-refractivity contribution in [1.82, 2.24) is 4.98 Å². The molecular formula is C15H23N3O2. The van der Waals surface area contributed by atoms with Gasteiger partial charge in [0.2, 0.25) is 0 Å². The Kier molecular flexibility index (Phi) is 4.93. The summed E-state index contributed by atoms with van der Waals surface area (Å²) in [6.45, 7) is 5.08. The van der Waals surface area contributed by atoms with Gasteiger partial charge < -0.3 is 5.32 Å². The predicted octanol–water partition coefficient (Wildman–Crippen LogP) is 3.93. The lowest BCUT2D eigenvalue weighted by atomic mass is 9.81. The van der Waals surface area contributed by atoms with Crippen LogP contribution in [0.15, 0.2) is 12.3 Å². The second kappa shape index (κ2) is 6.68. The van der Waals surface area contributed by atoms with Crippen LogP contribution in [-0.2, 0) is 0 Å². The maximum atomic E-state index is 10.7. The van der Waals surface area contributed by atoms with Crippen LogP contribution >= 0.6 is 0 Å². The molecule has 5 nitrogen and oxygen atoms in total. The number of hydrogen-bond acceptors (Lipinski definition) is 4. The molecule has 1 aromatic heterocycles. The Hall–Kier alpha value is -1.65. The van der Waals surface area contributed by atoms with Crippen LogP contribution in [0.4, 0.5) is 11.5 Å². The van der Waals surface area contributed by atoms with E-state index in [-0.39, 0.29) is 5.69 Å². The monoisotopic (exact) mass is 277 g/mol. The molecular weight excluding hydrogens is 254 g/mol. The van der Waals surface area contributed by atoms with Crippen molar-refractivity contribution in [3.05, 3.63) is 27.9 Å². The van der Waals surface area contributed by atoms with Gasteiger partial charge in [-0.3, -0.25) is 10.1 Å². The van der Waals surface area contributed by atoms with E-state index in [0.717, 1.165) is 36.2 Å². The summed E-state index contributed by atoms with van der Waals surface area (Å²) < 4.78 is 0. The Bertz CT molecular complexity index is 476. The lowest BCUT2D eigenvalue weighted by Gasteiger charge is -2.26. The summed E-state index contributed by atoms with van der Waals surface area (Å²) in [7, 11) is 0. The van der Waals surface area contributed by atoms with Crippen LogP contribution in [0.25, 0.3) is 0 Å². The molecule has 1 aliphatic carbocycles. The van der Waals surface area contributed by atoms with E-state index in [2.05, 4.69) is 17.2 Å². The van der Waals surface area contributed by atoms with Crippen molar-refractivity contribution in [2.24, 2.45) is 11.8 Å². The quantitative estimate of drug-likeness (QED) is 0.654. The van der Waals surface area contributed by atoms with Crippen LogP contribution in [-0.4, -0.2) is 16.5 Å². The third-order valence-electron chi connectivity index (χ3n) is 4.16. The molecule has 0 aromatic carbocycles. The number of aromatic nitrogens is 1. The average Bonchev–Trinajstić information content (AvgIpc) is 2.40. The number of rotatable bonds is 5. The van der Waals surface area contributed by atoms with Crippen LogP contribution in [0.5, 0.6) is 0 Å². The van der Waals surface area contributed by atoms with Gasteiger partial charge in [-0.1, -0.05) is 26.2 Å². The number of anilines is 1. The van der Waals surface area contributed by atoms with Gasteiger partial charge in [-0.05, 0) is 37.2 Å². The van der Waals surface area contributed by atoms with E-state index < -0.39 is 4.92 Å². The van der Waals surface area contributed by atoms with Gasteiger partial charge in [-0.15, -0.1) is 0 Å². The van der Waals surface area contributed by atoms with E-state index in [1.165, 1.54) is 31.9 Å². The predicted molar refractivity (Wildman–Crippen MR) is 79.9 cm³/mol. The Morgan fingerprint density at radius 1 is 1.50 bits per heavy atom. The van der Waals surface area contributed by atoms with E-state index in [1.54, 1.807) is 6.07 Å². The zero-order valence-corrected chi connectivity index (χ0v) is 12.3. The van der Waals surface area contributed by atoms with E-state index in [0.29, 0.717) is 0 Å². The van der Waals surface area contributed by atoms with Crippen LogP contribution in [0.3, 0.4) is 0 Å². The highest BCUT2D eigenvalue weighted by Gasteiger charge is 2.18. The van der Waals surface area contributed by atoms with Crippen molar-refractivity contribution < 1.29 is 4.92 Å². The maximum Gasteiger partial charge on any atom is 0.287 e. The zero-order chi connectivity index (χ0) is 14.5. The molecule has 0 spiro atoms. The van der Waals surface area contributed by atoms with Crippen molar-refractivity contribution in [3.8, 4) is 0 Å². The van der Waals surface area contributed by atoms with Gasteiger partial charge in [0.05, 0.1) is 4.92 Å². The van der Waals surface area contributed by atoms with Crippen molar-refractivity contribution in [2.75, 3.05) is 11.9 Å². The SMILES string of the molecule is Cc1cc([N+](=O)[O-])cnc1NCCC1CCCC(C)C1. The van der Waals surface area contributed by atoms with Crippen LogP contribution < -0.4 is 5.32 Å². The standard InChI is InChI=1S/C15H23N3O2/c1-11-4-3-5-13(8-11)6-7-16-15-12(2)9-14(10-17-15)18(19)20/h9-11,13H,3-8H2,1-2H3,(H,16,17). The van der Waals surface area contributed by atoms with E-state index in [1.807, 2.05) is 6.92 Å². The summed E-state index contributed by atoms with van der Waals surface area (Å²) in [5, 5.41) is 14.0. The molecule has 1 N–H and O–H groups in total. The van der Waals surface area contributed by atoms with Crippen LogP contribution in [0, 0.1) is 28.9 Å². The fourth-order valence-electron chi connectivity index (χ4n) is 3.06. The molecule has 5 heteroatoms. The first kappa shape index (κ1) is 14.8. The molecule has 20 heavy (non-hydrogen) atoms. The molecule has 1 heterocycles. The molecule has 2 atom stereocenters. The highest BCUT2D eigenvalue weighted by Crippen LogP contribution is 2.30. The van der Waals surface area contributed by atoms with E-state index in [9.17, 15) is 10.1 Å². The first-order valence-corrected chi connectivity index (χ1v) is 7.41. The summed E-state index contributed by atoms with van der Waals surface area (Å²) in [6, 6.07) is 1.57. The maximum absolute atomic E-state index is 10.7. The lowest BCUT2D eigenvalue weighted by Crippen LogP contribution is -2.17. The van der Waals surface area contributed by atoms with Crippen LogP contribution in [0.1, 0.15) is 44.6 Å². The van der Waals surface area contributed by atoms with Gasteiger partial charge in [0.25, 0.3) is 5.69 Å². The third kappa shape index (κ3) is 3.92. The smallest absolute Gasteiger partial charge is 0.287 e. The number of aryl methyl sites for hydroxylation is 1. The second-order valence-corrected chi connectivity index (χ2v) is 5.97. The number of nitro groups is 1. The Morgan fingerprint density at radius 3 is 2.95 bits per heavy atom. The zero-order valence-electron chi connectivity index (χ0n) is 12.3. The molecule has 2 rings (SSSR count). The molecule has 1 fully saturated rings. The Labute approximate surface area is 119 Å². The molecule has 0 bridgehead atoms. The Morgan fingerprint density at radius 2 is 2.30 bits per heavy atom. The van der Waals surface area contributed by atoms with E-state index >= 15 is 0 Å². The fourth-order valence-corrected chi connectivity index (χ4v) is 3.06. The van der Waals surface area contributed by atoms with Gasteiger partial charge in [0.1, 0.15) is 12.0 Å². The molecule has 1 saturated carbocycles. The first-order chi connectivity index (χ1) is 9.56. The molecule has 0 radical (unpaired) electrons. The summed E-state index contributed by atoms with van der Waals surface area (Å²) in [5.41, 5.74) is 0.880. The summed E-state index contributed by atoms with van der Waals surface area (Å²) >= 11 is 0. The number of hydrogen-bond donors (Lipinski definition) is 1. The van der Waals surface area contributed by atoms with Crippen molar-refractivity contribution in [3.63, 3.8) is 0 Å². The van der Waals surface area contributed by atoms with Crippen LogP contribution in [0.2, 0.25) is 0 Å². The highest BCUT2D eigenvalue weighted by molar-refractivity contribution is 5.48. The van der Waals surface area contributed by atoms with Gasteiger partial charge in [-0.2, -0.15) is 0 Å². The van der Waals surface area contributed by atoms with Crippen molar-refractivity contribution >= 4 is 11.5 Å². The van der Waals surface area contributed by atoms with Crippen molar-refractivity contribution in [2.45, 2.75) is 46.0 Å². The molecule has 0 aliphatic heterocycles. The Balaban J connectivity index is 1.83. The summed E-state index contributed by atoms with van der Waals surface area (Å²) in [4.78, 5) is 14.4. The molecule has 2 unspecified atom stereocenters. The van der Waals surface area contributed by atoms with Gasteiger partial charge in [-0.25, -0.2) is 4.98 Å². The summed E-state index contributed by atoms with van der Waals surface area (Å²) in [5.74, 6) is 2.43. The molecule has 110 valence electrons. The number of pyridine rings is 1. The minimum Gasteiger partial charge on any atom is -0.370 e. The summed E-state index contributed by atoms with van der Waals surface area (Å²) in [6.07, 6.45) is 7.85. The van der Waals surface area contributed by atoms with Crippen molar-refractivity contribution in [1.29, 1.82) is 0 Å².